The van der Waals surface area contributed by atoms with E-state index in [0.29, 0.717) is 23.5 Å². The molecule has 1 aliphatic heterocycles. The van der Waals surface area contributed by atoms with Crippen LogP contribution in [-0.4, -0.2) is 42.3 Å². The number of rotatable bonds is 2. The van der Waals surface area contributed by atoms with E-state index >= 15 is 0 Å². The molecule has 2 N–H and O–H groups in total. The summed E-state index contributed by atoms with van der Waals surface area (Å²) in [6, 6.07) is 0. The molecule has 112 valence electrons. The number of ether oxygens (including phenoxy) is 1. The Morgan fingerprint density at radius 2 is 1.68 bits per heavy atom. The van der Waals surface area contributed by atoms with Crippen molar-refractivity contribution in [2.24, 2.45) is 17.1 Å². The molecule has 1 aliphatic carbocycles. The molecule has 0 bridgehead atoms. The summed E-state index contributed by atoms with van der Waals surface area (Å²) in [6.45, 7) is 14.4. The highest BCUT2D eigenvalue weighted by Crippen LogP contribution is 2.46. The molecule has 2 fully saturated rings. The van der Waals surface area contributed by atoms with Crippen LogP contribution in [0.2, 0.25) is 0 Å². The second-order valence-corrected chi connectivity index (χ2v) is 7.74. The summed E-state index contributed by atoms with van der Waals surface area (Å²) in [5.74, 6) is 0.666. The topological polar surface area (TPSA) is 38.5 Å². The van der Waals surface area contributed by atoms with Crippen LogP contribution >= 0.6 is 0 Å². The van der Waals surface area contributed by atoms with Gasteiger partial charge < -0.3 is 10.5 Å². The molecule has 2 aliphatic rings. The molecule has 3 nitrogen and oxygen atoms in total. The van der Waals surface area contributed by atoms with E-state index in [2.05, 4.69) is 39.5 Å². The molecule has 19 heavy (non-hydrogen) atoms. The lowest BCUT2D eigenvalue weighted by Gasteiger charge is -2.56. The molecule has 0 aromatic heterocycles. The van der Waals surface area contributed by atoms with Gasteiger partial charge in [0.2, 0.25) is 0 Å². The van der Waals surface area contributed by atoms with Crippen LogP contribution in [0.25, 0.3) is 0 Å². The van der Waals surface area contributed by atoms with Crippen molar-refractivity contribution in [2.45, 2.75) is 71.6 Å². The molecule has 0 aromatic carbocycles. The Morgan fingerprint density at radius 3 is 2.16 bits per heavy atom. The molecule has 2 rings (SSSR count). The van der Waals surface area contributed by atoms with Gasteiger partial charge in [-0.15, -0.1) is 0 Å². The van der Waals surface area contributed by atoms with Crippen molar-refractivity contribution in [3.8, 4) is 0 Å². The van der Waals surface area contributed by atoms with Gasteiger partial charge in [0.05, 0.1) is 12.2 Å². The van der Waals surface area contributed by atoms with Crippen molar-refractivity contribution >= 4 is 0 Å². The molecule has 1 saturated carbocycles. The maximum Gasteiger partial charge on any atom is 0.0678 e. The molecule has 4 atom stereocenters. The zero-order valence-corrected chi connectivity index (χ0v) is 13.4. The fourth-order valence-corrected chi connectivity index (χ4v) is 4.37. The summed E-state index contributed by atoms with van der Waals surface area (Å²) in [7, 11) is 0. The van der Waals surface area contributed by atoms with E-state index < -0.39 is 0 Å². The Morgan fingerprint density at radius 1 is 1.11 bits per heavy atom. The van der Waals surface area contributed by atoms with Crippen LogP contribution in [0.1, 0.15) is 53.9 Å². The predicted molar refractivity (Wildman–Crippen MR) is 80.2 cm³/mol. The third-order valence-corrected chi connectivity index (χ3v) is 5.41. The molecule has 4 unspecified atom stereocenters. The number of hydrogen-bond acceptors (Lipinski definition) is 3. The van der Waals surface area contributed by atoms with Gasteiger partial charge in [-0.25, -0.2) is 0 Å². The third kappa shape index (κ3) is 2.98. The van der Waals surface area contributed by atoms with Crippen molar-refractivity contribution in [3.05, 3.63) is 0 Å². The van der Waals surface area contributed by atoms with Gasteiger partial charge >= 0.3 is 0 Å². The first kappa shape index (κ1) is 15.3. The van der Waals surface area contributed by atoms with Crippen LogP contribution in [0.5, 0.6) is 0 Å². The van der Waals surface area contributed by atoms with Crippen molar-refractivity contribution in [1.82, 2.24) is 4.90 Å². The largest absolute Gasteiger partial charge is 0.373 e. The zero-order valence-electron chi connectivity index (χ0n) is 13.4. The first-order valence-electron chi connectivity index (χ1n) is 7.90. The minimum absolute atomic E-state index is 0.196. The average Bonchev–Trinajstić information content (AvgIpc) is 2.27. The summed E-state index contributed by atoms with van der Waals surface area (Å²) in [6.07, 6.45) is 4.46. The van der Waals surface area contributed by atoms with E-state index in [1.165, 1.54) is 19.3 Å². The van der Waals surface area contributed by atoms with Crippen molar-refractivity contribution in [2.75, 3.05) is 19.6 Å². The maximum atomic E-state index is 6.26. The minimum Gasteiger partial charge on any atom is -0.373 e. The van der Waals surface area contributed by atoms with Gasteiger partial charge in [-0.05, 0) is 44.4 Å². The molecule has 0 amide bonds. The first-order valence-corrected chi connectivity index (χ1v) is 7.90. The summed E-state index contributed by atoms with van der Waals surface area (Å²) in [5.41, 5.74) is 6.93. The van der Waals surface area contributed by atoms with E-state index in [0.717, 1.165) is 19.6 Å². The zero-order chi connectivity index (χ0) is 14.3. The smallest absolute Gasteiger partial charge is 0.0678 e. The number of morpholine rings is 1. The second kappa shape index (κ2) is 5.34. The van der Waals surface area contributed by atoms with Crippen molar-refractivity contribution in [3.63, 3.8) is 0 Å². The second-order valence-electron chi connectivity index (χ2n) is 7.74. The van der Waals surface area contributed by atoms with Crippen LogP contribution in [0.15, 0.2) is 0 Å². The van der Waals surface area contributed by atoms with Gasteiger partial charge in [-0.2, -0.15) is 0 Å². The SMILES string of the molecule is CC1CN(C2(CN)CCC(C)(C)CC2C)CC(C)O1. The Kier molecular flexibility index (Phi) is 4.29. The standard InChI is InChI=1S/C16H32N2O/c1-12-8-15(4,5)6-7-16(12,11-17)18-9-13(2)19-14(3)10-18/h12-14H,6-11,17H2,1-5H3. The Bertz CT molecular complexity index is 308. The van der Waals surface area contributed by atoms with E-state index in [-0.39, 0.29) is 5.54 Å². The fourth-order valence-electron chi connectivity index (χ4n) is 4.37. The summed E-state index contributed by atoms with van der Waals surface area (Å²) in [4.78, 5) is 2.64. The number of nitrogens with zero attached hydrogens (tertiary/aromatic N) is 1. The lowest BCUT2D eigenvalue weighted by atomic mass is 9.63. The highest BCUT2D eigenvalue weighted by molar-refractivity contribution is 5.03. The third-order valence-electron chi connectivity index (χ3n) is 5.41. The maximum absolute atomic E-state index is 6.26. The molecule has 1 saturated heterocycles. The summed E-state index contributed by atoms with van der Waals surface area (Å²) in [5, 5.41) is 0. The van der Waals surface area contributed by atoms with Crippen LogP contribution in [0.4, 0.5) is 0 Å². The predicted octanol–water partition coefficient (Wildman–Crippen LogP) is 2.64. The monoisotopic (exact) mass is 268 g/mol. The van der Waals surface area contributed by atoms with Gasteiger partial charge in [-0.1, -0.05) is 20.8 Å². The average molecular weight is 268 g/mol. The normalized spacial score (nSPS) is 44.2. The van der Waals surface area contributed by atoms with Crippen LogP contribution in [0.3, 0.4) is 0 Å². The van der Waals surface area contributed by atoms with Crippen LogP contribution in [-0.2, 0) is 4.74 Å². The van der Waals surface area contributed by atoms with E-state index in [9.17, 15) is 0 Å². The minimum atomic E-state index is 0.196. The molecular weight excluding hydrogens is 236 g/mol. The summed E-state index contributed by atoms with van der Waals surface area (Å²) >= 11 is 0. The molecule has 0 radical (unpaired) electrons. The van der Waals surface area contributed by atoms with Gasteiger partial charge in [0, 0.05) is 25.2 Å². The lowest BCUT2D eigenvalue weighted by molar-refractivity contribution is -0.127. The Balaban J connectivity index is 2.18. The van der Waals surface area contributed by atoms with Gasteiger partial charge in [0.1, 0.15) is 0 Å². The fraction of sp³-hybridized carbons (Fsp3) is 1.00. The molecule has 0 aromatic rings. The van der Waals surface area contributed by atoms with E-state index in [1.54, 1.807) is 0 Å². The molecular formula is C16H32N2O. The number of hydrogen-bond donors (Lipinski definition) is 1. The molecule has 0 spiro atoms. The van der Waals surface area contributed by atoms with Crippen LogP contribution < -0.4 is 5.73 Å². The first-order chi connectivity index (χ1) is 8.79. The van der Waals surface area contributed by atoms with Gasteiger partial charge in [0.25, 0.3) is 0 Å². The molecule has 3 heteroatoms. The van der Waals surface area contributed by atoms with Crippen molar-refractivity contribution in [1.29, 1.82) is 0 Å². The Labute approximate surface area is 118 Å². The van der Waals surface area contributed by atoms with Crippen molar-refractivity contribution < 1.29 is 4.74 Å². The van der Waals surface area contributed by atoms with Crippen LogP contribution in [0, 0.1) is 11.3 Å². The summed E-state index contributed by atoms with van der Waals surface area (Å²) < 4.78 is 5.89. The van der Waals surface area contributed by atoms with E-state index in [4.69, 9.17) is 10.5 Å². The van der Waals surface area contributed by atoms with E-state index in [1.807, 2.05) is 0 Å². The van der Waals surface area contributed by atoms with Gasteiger partial charge in [0.15, 0.2) is 0 Å². The lowest BCUT2D eigenvalue weighted by Crippen LogP contribution is -2.65. The highest BCUT2D eigenvalue weighted by Gasteiger charge is 2.48. The molecule has 1 heterocycles. The number of nitrogens with two attached hydrogens (primary N) is 1. The van der Waals surface area contributed by atoms with Gasteiger partial charge in [-0.3, -0.25) is 4.90 Å². The quantitative estimate of drug-likeness (QED) is 0.837. The highest BCUT2D eigenvalue weighted by atomic mass is 16.5. The Hall–Kier alpha value is -0.120.